The summed E-state index contributed by atoms with van der Waals surface area (Å²) in [5, 5.41) is 0. The van der Waals surface area contributed by atoms with Gasteiger partial charge >= 0.3 is 0 Å². The number of hydrogen-bond acceptors (Lipinski definition) is 2. The molecule has 1 rings (SSSR count). The molecule has 0 fully saturated rings. The first-order valence-corrected chi connectivity index (χ1v) is 4.82. The van der Waals surface area contributed by atoms with E-state index in [0.29, 0.717) is 6.54 Å². The topological polar surface area (TPSA) is 29.4 Å². The van der Waals surface area contributed by atoms with Gasteiger partial charge in [-0.05, 0) is 30.5 Å². The van der Waals surface area contributed by atoms with E-state index in [-0.39, 0.29) is 0 Å². The number of rotatable bonds is 3. The van der Waals surface area contributed by atoms with Gasteiger partial charge in [0.05, 0.1) is 6.54 Å². The quantitative estimate of drug-likeness (QED) is 0.589. The Bertz CT molecular complexity index is 343. The second-order valence-corrected chi connectivity index (χ2v) is 3.66. The van der Waals surface area contributed by atoms with Crippen LogP contribution in [0.15, 0.2) is 27.7 Å². The highest BCUT2D eigenvalue weighted by Crippen LogP contribution is 2.17. The van der Waals surface area contributed by atoms with E-state index in [1.165, 1.54) is 17.2 Å². The molecule has 13 heavy (non-hydrogen) atoms. The van der Waals surface area contributed by atoms with Gasteiger partial charge in [-0.1, -0.05) is 28.1 Å². The molecule has 1 aromatic rings. The van der Waals surface area contributed by atoms with Crippen LogP contribution in [0.4, 0.5) is 0 Å². The van der Waals surface area contributed by atoms with Gasteiger partial charge in [-0.15, -0.1) is 0 Å². The fourth-order valence-corrected chi connectivity index (χ4v) is 1.34. The molecule has 0 aliphatic heterocycles. The van der Waals surface area contributed by atoms with E-state index in [4.69, 9.17) is 0 Å². The maximum Gasteiger partial charge on any atom is 0.234 e. The molecule has 3 heteroatoms. The molecule has 0 aliphatic rings. The maximum absolute atomic E-state index is 9.82. The lowest BCUT2D eigenvalue weighted by Crippen LogP contribution is -1.90. The summed E-state index contributed by atoms with van der Waals surface area (Å²) in [4.78, 5) is 13.3. The number of aliphatic imine (C=N–C) groups is 1. The van der Waals surface area contributed by atoms with Gasteiger partial charge in [0.15, 0.2) is 0 Å². The van der Waals surface area contributed by atoms with Crippen LogP contribution in [-0.4, -0.2) is 12.6 Å². The zero-order valence-electron chi connectivity index (χ0n) is 7.38. The van der Waals surface area contributed by atoms with Gasteiger partial charge in [0.1, 0.15) is 0 Å². The number of isocyanates is 1. The third-order valence-electron chi connectivity index (χ3n) is 1.80. The third kappa shape index (κ3) is 3.13. The molecule has 2 nitrogen and oxygen atoms in total. The zero-order chi connectivity index (χ0) is 9.68. The molecule has 0 aliphatic carbocycles. The highest BCUT2D eigenvalue weighted by molar-refractivity contribution is 9.10. The number of aryl methyl sites for hydroxylation is 1. The summed E-state index contributed by atoms with van der Waals surface area (Å²) >= 11 is 3.43. The van der Waals surface area contributed by atoms with Crippen molar-refractivity contribution in [1.82, 2.24) is 0 Å². The van der Waals surface area contributed by atoms with Crippen LogP contribution in [0.5, 0.6) is 0 Å². The van der Waals surface area contributed by atoms with Crippen LogP contribution in [0.2, 0.25) is 0 Å². The minimum Gasteiger partial charge on any atom is -0.211 e. The summed E-state index contributed by atoms with van der Waals surface area (Å²) in [6.45, 7) is 2.56. The molecule has 0 radical (unpaired) electrons. The van der Waals surface area contributed by atoms with Crippen LogP contribution in [0.1, 0.15) is 11.1 Å². The standard InChI is InChI=1S/C10H10BrNO/c1-8-6-9(2-3-10(8)11)4-5-12-7-13/h2-3,6H,4-5H2,1H3. The molecular formula is C10H10BrNO. The molecule has 0 atom stereocenters. The normalized spacial score (nSPS) is 9.38. The Hall–Kier alpha value is -0.920. The van der Waals surface area contributed by atoms with E-state index >= 15 is 0 Å². The average Bonchev–Trinajstić information content (AvgIpc) is 2.12. The number of hydrogen-bond donors (Lipinski definition) is 0. The smallest absolute Gasteiger partial charge is 0.211 e. The minimum absolute atomic E-state index is 0.518. The molecule has 0 unspecified atom stereocenters. The molecule has 0 N–H and O–H groups in total. The second-order valence-electron chi connectivity index (χ2n) is 2.81. The van der Waals surface area contributed by atoms with Gasteiger partial charge in [0.25, 0.3) is 0 Å². The Kier molecular flexibility index (Phi) is 3.87. The van der Waals surface area contributed by atoms with E-state index in [9.17, 15) is 4.79 Å². The van der Waals surface area contributed by atoms with Gasteiger partial charge in [0.2, 0.25) is 6.08 Å². The molecule has 0 aromatic heterocycles. The fraction of sp³-hybridized carbons (Fsp3) is 0.300. The largest absolute Gasteiger partial charge is 0.234 e. The average molecular weight is 240 g/mol. The summed E-state index contributed by atoms with van der Waals surface area (Å²) in [7, 11) is 0. The van der Waals surface area contributed by atoms with E-state index in [0.717, 1.165) is 10.9 Å². The lowest BCUT2D eigenvalue weighted by Gasteiger charge is -2.01. The molecule has 0 amide bonds. The van der Waals surface area contributed by atoms with Crippen molar-refractivity contribution in [3.63, 3.8) is 0 Å². The molecule has 0 saturated carbocycles. The Labute approximate surface area is 85.8 Å². The van der Waals surface area contributed by atoms with Gasteiger partial charge in [-0.3, -0.25) is 0 Å². The van der Waals surface area contributed by atoms with Crippen molar-refractivity contribution in [2.24, 2.45) is 4.99 Å². The van der Waals surface area contributed by atoms with Gasteiger partial charge < -0.3 is 0 Å². The first-order valence-electron chi connectivity index (χ1n) is 4.02. The third-order valence-corrected chi connectivity index (χ3v) is 2.69. The van der Waals surface area contributed by atoms with Crippen molar-refractivity contribution in [1.29, 1.82) is 0 Å². The Balaban J connectivity index is 2.68. The molecule has 0 spiro atoms. The van der Waals surface area contributed by atoms with Crippen molar-refractivity contribution in [2.75, 3.05) is 6.54 Å². The monoisotopic (exact) mass is 239 g/mol. The van der Waals surface area contributed by atoms with Crippen LogP contribution in [0.3, 0.4) is 0 Å². The van der Waals surface area contributed by atoms with Gasteiger partial charge in [-0.2, -0.15) is 0 Å². The van der Waals surface area contributed by atoms with Crippen LogP contribution in [0, 0.1) is 6.92 Å². The first kappa shape index (κ1) is 10.2. The van der Waals surface area contributed by atoms with E-state index in [1.807, 2.05) is 19.1 Å². The van der Waals surface area contributed by atoms with Gasteiger partial charge in [0, 0.05) is 4.47 Å². The molecule has 0 heterocycles. The number of nitrogens with zero attached hydrogens (tertiary/aromatic N) is 1. The SMILES string of the molecule is Cc1cc(CCN=C=O)ccc1Br. The summed E-state index contributed by atoms with van der Waals surface area (Å²) in [5.41, 5.74) is 2.40. The predicted octanol–water partition coefficient (Wildman–Crippen LogP) is 2.64. The van der Waals surface area contributed by atoms with E-state index in [1.54, 1.807) is 0 Å². The lowest BCUT2D eigenvalue weighted by atomic mass is 10.1. The molecule has 0 saturated heterocycles. The van der Waals surface area contributed by atoms with Crippen molar-refractivity contribution in [3.8, 4) is 0 Å². The Morgan fingerprint density at radius 3 is 2.92 bits per heavy atom. The van der Waals surface area contributed by atoms with Crippen LogP contribution >= 0.6 is 15.9 Å². The molecule has 0 bridgehead atoms. The summed E-state index contributed by atoms with van der Waals surface area (Å²) in [5.74, 6) is 0. The first-order chi connectivity index (χ1) is 6.24. The number of carbonyl (C=O) groups excluding carboxylic acids is 1. The van der Waals surface area contributed by atoms with Crippen LogP contribution in [-0.2, 0) is 11.2 Å². The molecule has 68 valence electrons. The van der Waals surface area contributed by atoms with Gasteiger partial charge in [-0.25, -0.2) is 9.79 Å². The summed E-state index contributed by atoms with van der Waals surface area (Å²) in [6.07, 6.45) is 2.32. The molecule has 1 aromatic carbocycles. The van der Waals surface area contributed by atoms with Crippen molar-refractivity contribution in [2.45, 2.75) is 13.3 Å². The summed E-state index contributed by atoms with van der Waals surface area (Å²) < 4.78 is 1.11. The number of halogens is 1. The van der Waals surface area contributed by atoms with Crippen LogP contribution in [0.25, 0.3) is 0 Å². The molecular weight excluding hydrogens is 230 g/mol. The van der Waals surface area contributed by atoms with Crippen molar-refractivity contribution in [3.05, 3.63) is 33.8 Å². The minimum atomic E-state index is 0.518. The number of benzene rings is 1. The second kappa shape index (κ2) is 4.95. The fourth-order valence-electron chi connectivity index (χ4n) is 1.09. The lowest BCUT2D eigenvalue weighted by molar-refractivity contribution is 0.563. The maximum atomic E-state index is 9.82. The highest BCUT2D eigenvalue weighted by Gasteiger charge is 1.96. The Morgan fingerprint density at radius 2 is 2.31 bits per heavy atom. The summed E-state index contributed by atoms with van der Waals surface area (Å²) in [6, 6.07) is 6.12. The van der Waals surface area contributed by atoms with E-state index < -0.39 is 0 Å². The highest BCUT2D eigenvalue weighted by atomic mass is 79.9. The van der Waals surface area contributed by atoms with Crippen molar-refractivity contribution < 1.29 is 4.79 Å². The van der Waals surface area contributed by atoms with Crippen LogP contribution < -0.4 is 0 Å². The Morgan fingerprint density at radius 1 is 1.54 bits per heavy atom. The van der Waals surface area contributed by atoms with Crippen molar-refractivity contribution >= 4 is 22.0 Å². The van der Waals surface area contributed by atoms with E-state index in [2.05, 4.69) is 27.0 Å². The zero-order valence-corrected chi connectivity index (χ0v) is 8.97. The predicted molar refractivity (Wildman–Crippen MR) is 55.6 cm³/mol.